The van der Waals surface area contributed by atoms with Crippen LogP contribution in [0.5, 0.6) is 0 Å². The molecule has 8 nitrogen and oxygen atoms in total. The minimum absolute atomic E-state index is 0. The summed E-state index contributed by atoms with van der Waals surface area (Å²) in [5.41, 5.74) is 5.38. The molecule has 1 rings (SSSR count). The number of anilines is 2. The van der Waals surface area contributed by atoms with Crippen molar-refractivity contribution in [2.45, 2.75) is 32.1 Å². The quantitative estimate of drug-likeness (QED) is 0.569. The molecule has 1 amide bonds. The molecule has 1 aromatic rings. The van der Waals surface area contributed by atoms with E-state index in [9.17, 15) is 13.2 Å². The summed E-state index contributed by atoms with van der Waals surface area (Å²) in [6.07, 6.45) is 5.16. The van der Waals surface area contributed by atoms with Gasteiger partial charge in [0.05, 0.1) is 6.26 Å². The number of nitrogens with zero attached hydrogens (tertiary/aromatic N) is 2. The van der Waals surface area contributed by atoms with Crippen LogP contribution in [0.2, 0.25) is 0 Å². The van der Waals surface area contributed by atoms with Crippen molar-refractivity contribution >= 4 is 49.9 Å². The van der Waals surface area contributed by atoms with Crippen molar-refractivity contribution in [2.24, 2.45) is 5.73 Å². The van der Waals surface area contributed by atoms with E-state index in [0.29, 0.717) is 13.0 Å². The molecule has 0 bridgehead atoms. The average Bonchev–Trinajstić information content (AvgIpc) is 2.73. The molecule has 0 spiro atoms. The zero-order chi connectivity index (χ0) is 15.0. The third-order valence-electron chi connectivity index (χ3n) is 2.30. The highest BCUT2D eigenvalue weighted by Crippen LogP contribution is 2.20. The third kappa shape index (κ3) is 9.56. The summed E-state index contributed by atoms with van der Waals surface area (Å²) in [6, 6.07) is 0. The van der Waals surface area contributed by atoms with Crippen LogP contribution >= 0.6 is 23.7 Å². The summed E-state index contributed by atoms with van der Waals surface area (Å²) in [7, 11) is -3.38. The fourth-order valence-corrected chi connectivity index (χ4v) is 2.93. The van der Waals surface area contributed by atoms with Gasteiger partial charge in [0.25, 0.3) is 0 Å². The predicted molar refractivity (Wildman–Crippen MR) is 86.4 cm³/mol. The Bertz CT molecular complexity index is 535. The Morgan fingerprint density at radius 3 is 2.43 bits per heavy atom. The van der Waals surface area contributed by atoms with Crippen LogP contribution in [0.4, 0.5) is 10.3 Å². The number of sulfonamides is 1. The Labute approximate surface area is 134 Å². The summed E-state index contributed by atoms with van der Waals surface area (Å²) < 4.78 is 24.2. The maximum atomic E-state index is 11.6. The van der Waals surface area contributed by atoms with E-state index in [4.69, 9.17) is 5.73 Å². The predicted octanol–water partition coefficient (Wildman–Crippen LogP) is 1.18. The minimum Gasteiger partial charge on any atom is -0.330 e. The molecule has 0 aliphatic rings. The van der Waals surface area contributed by atoms with E-state index in [1.54, 1.807) is 0 Å². The number of carbonyl (C=O) groups excluding carboxylic acids is 1. The SMILES string of the molecule is CS(=O)(=O)Nc1nnc(NC(=O)CCCCCCN)s1.Cl. The van der Waals surface area contributed by atoms with Crippen LogP contribution in [-0.2, 0) is 14.8 Å². The monoisotopic (exact) mass is 357 g/mol. The number of rotatable bonds is 9. The van der Waals surface area contributed by atoms with Crippen LogP contribution in [0.15, 0.2) is 0 Å². The van der Waals surface area contributed by atoms with E-state index in [1.807, 2.05) is 0 Å². The standard InChI is InChI=1S/C10H19N5O3S2.ClH/c1-20(17,18)15-10-14-13-9(19-10)12-8(16)6-4-2-3-5-7-11;/h2-7,11H2,1H3,(H,14,15)(H,12,13,16);1H. The lowest BCUT2D eigenvalue weighted by Crippen LogP contribution is -2.10. The van der Waals surface area contributed by atoms with Gasteiger partial charge >= 0.3 is 0 Å². The smallest absolute Gasteiger partial charge is 0.231 e. The molecule has 11 heteroatoms. The molecular weight excluding hydrogens is 338 g/mol. The molecule has 0 saturated carbocycles. The van der Waals surface area contributed by atoms with Gasteiger partial charge in [-0.2, -0.15) is 0 Å². The first-order chi connectivity index (χ1) is 9.40. The lowest BCUT2D eigenvalue weighted by molar-refractivity contribution is -0.116. The Kier molecular flexibility index (Phi) is 9.42. The van der Waals surface area contributed by atoms with Gasteiger partial charge in [0.15, 0.2) is 0 Å². The lowest BCUT2D eigenvalue weighted by Gasteiger charge is -2.01. The Balaban J connectivity index is 0.00000400. The van der Waals surface area contributed by atoms with Gasteiger partial charge < -0.3 is 11.1 Å². The van der Waals surface area contributed by atoms with E-state index >= 15 is 0 Å². The number of aromatic nitrogens is 2. The molecule has 0 radical (unpaired) electrons. The number of hydrogen-bond donors (Lipinski definition) is 3. The lowest BCUT2D eigenvalue weighted by atomic mass is 10.1. The average molecular weight is 358 g/mol. The highest BCUT2D eigenvalue weighted by Gasteiger charge is 2.10. The van der Waals surface area contributed by atoms with E-state index in [1.165, 1.54) is 0 Å². The Morgan fingerprint density at radius 2 is 1.81 bits per heavy atom. The number of carbonyl (C=O) groups is 1. The number of halogens is 1. The van der Waals surface area contributed by atoms with Gasteiger partial charge in [-0.05, 0) is 19.4 Å². The van der Waals surface area contributed by atoms with Crippen LogP contribution in [0, 0.1) is 0 Å². The number of nitrogens with two attached hydrogens (primary N) is 1. The van der Waals surface area contributed by atoms with Gasteiger partial charge in [-0.15, -0.1) is 22.6 Å². The summed E-state index contributed by atoms with van der Waals surface area (Å²) >= 11 is 0.974. The second-order valence-corrected chi connectivity index (χ2v) is 7.01. The molecular formula is C10H20ClN5O3S2. The number of amides is 1. The van der Waals surface area contributed by atoms with E-state index in [2.05, 4.69) is 20.2 Å². The van der Waals surface area contributed by atoms with Crippen molar-refractivity contribution in [3.05, 3.63) is 0 Å². The Morgan fingerprint density at radius 1 is 1.19 bits per heavy atom. The highest BCUT2D eigenvalue weighted by atomic mass is 35.5. The van der Waals surface area contributed by atoms with Crippen LogP contribution in [0.1, 0.15) is 32.1 Å². The van der Waals surface area contributed by atoms with Crippen molar-refractivity contribution in [3.8, 4) is 0 Å². The van der Waals surface area contributed by atoms with Crippen LogP contribution in [0.3, 0.4) is 0 Å². The van der Waals surface area contributed by atoms with Crippen molar-refractivity contribution in [1.29, 1.82) is 0 Å². The normalized spacial score (nSPS) is 10.8. The zero-order valence-electron chi connectivity index (χ0n) is 11.7. The Hall–Kier alpha value is -0.970. The second kappa shape index (κ2) is 9.87. The molecule has 1 aromatic heterocycles. The summed E-state index contributed by atoms with van der Waals surface area (Å²) in [4.78, 5) is 11.6. The summed E-state index contributed by atoms with van der Waals surface area (Å²) in [5, 5.41) is 10.3. The van der Waals surface area contributed by atoms with Gasteiger partial charge in [0.1, 0.15) is 0 Å². The van der Waals surface area contributed by atoms with E-state index in [-0.39, 0.29) is 28.6 Å². The first kappa shape index (κ1) is 20.0. The van der Waals surface area contributed by atoms with Gasteiger partial charge in [-0.25, -0.2) is 8.42 Å². The van der Waals surface area contributed by atoms with Crippen molar-refractivity contribution in [2.75, 3.05) is 22.8 Å². The number of hydrogen-bond acceptors (Lipinski definition) is 7. The summed E-state index contributed by atoms with van der Waals surface area (Å²) in [6.45, 7) is 0.674. The molecule has 0 saturated heterocycles. The molecule has 0 unspecified atom stereocenters. The van der Waals surface area contributed by atoms with Crippen LogP contribution < -0.4 is 15.8 Å². The van der Waals surface area contributed by atoms with Gasteiger partial charge in [0, 0.05) is 6.42 Å². The molecule has 122 valence electrons. The third-order valence-corrected chi connectivity index (χ3v) is 3.75. The van der Waals surface area contributed by atoms with Crippen molar-refractivity contribution in [1.82, 2.24) is 10.2 Å². The molecule has 0 aliphatic carbocycles. The molecule has 1 heterocycles. The maximum absolute atomic E-state index is 11.6. The van der Waals surface area contributed by atoms with Gasteiger partial charge in [-0.3, -0.25) is 9.52 Å². The first-order valence-corrected chi connectivity index (χ1v) is 8.93. The number of unbranched alkanes of at least 4 members (excludes halogenated alkanes) is 3. The van der Waals surface area contributed by atoms with Crippen LogP contribution in [0.25, 0.3) is 0 Å². The van der Waals surface area contributed by atoms with Crippen LogP contribution in [-0.4, -0.2) is 37.3 Å². The van der Waals surface area contributed by atoms with E-state index < -0.39 is 10.0 Å². The maximum Gasteiger partial charge on any atom is 0.231 e. The zero-order valence-corrected chi connectivity index (χ0v) is 14.1. The van der Waals surface area contributed by atoms with Gasteiger partial charge in [0.2, 0.25) is 26.2 Å². The van der Waals surface area contributed by atoms with Gasteiger partial charge in [-0.1, -0.05) is 24.2 Å². The summed E-state index contributed by atoms with van der Waals surface area (Å²) in [5.74, 6) is -0.153. The second-order valence-electron chi connectivity index (χ2n) is 4.29. The van der Waals surface area contributed by atoms with Crippen molar-refractivity contribution in [3.63, 3.8) is 0 Å². The first-order valence-electron chi connectivity index (χ1n) is 6.22. The van der Waals surface area contributed by atoms with E-state index in [0.717, 1.165) is 43.3 Å². The molecule has 0 fully saturated rings. The minimum atomic E-state index is -3.38. The molecule has 0 atom stereocenters. The molecule has 21 heavy (non-hydrogen) atoms. The number of nitrogens with one attached hydrogen (secondary N) is 2. The largest absolute Gasteiger partial charge is 0.330 e. The van der Waals surface area contributed by atoms with Crippen molar-refractivity contribution < 1.29 is 13.2 Å². The topological polar surface area (TPSA) is 127 Å². The molecule has 0 aliphatic heterocycles. The molecule has 0 aromatic carbocycles. The molecule has 4 N–H and O–H groups in total. The fourth-order valence-electron chi connectivity index (χ4n) is 1.44. The fraction of sp³-hybridized carbons (Fsp3) is 0.700. The highest BCUT2D eigenvalue weighted by molar-refractivity contribution is 7.92.